The monoisotopic (exact) mass is 294 g/mol. The summed E-state index contributed by atoms with van der Waals surface area (Å²) in [5.74, 6) is 0. The molecule has 0 spiro atoms. The molecule has 5 heteroatoms. The second kappa shape index (κ2) is 5.75. The fourth-order valence-corrected chi connectivity index (χ4v) is 3.04. The van der Waals surface area contributed by atoms with Crippen LogP contribution in [0.4, 0.5) is 6.01 Å². The fraction of sp³-hybridized carbons (Fsp3) is 0.353. The van der Waals surface area contributed by atoms with Gasteiger partial charge in [-0.05, 0) is 30.5 Å². The molecule has 4 rings (SSSR count). The van der Waals surface area contributed by atoms with Crippen LogP contribution in [0.5, 0.6) is 0 Å². The molecule has 0 radical (unpaired) electrons. The largest absolute Gasteiger partial charge is 0.424 e. The Hall–Kier alpha value is -2.43. The lowest BCUT2D eigenvalue weighted by Gasteiger charge is -2.21. The molecule has 0 aliphatic heterocycles. The Morgan fingerprint density at radius 3 is 2.64 bits per heavy atom. The van der Waals surface area contributed by atoms with Gasteiger partial charge in [0.1, 0.15) is 11.8 Å². The standard InChI is InChI=1S/C17H18N4O/c1-2-4-14(5-3-1)20-17-21-15-8-12(6-7-16(15)22-17)13-9-18-11-19-10-13/h6-11,14H,1-5H2,(H,20,21). The predicted octanol–water partition coefficient (Wildman–Crippen LogP) is 4.03. The van der Waals surface area contributed by atoms with Crippen LogP contribution in [-0.2, 0) is 0 Å². The van der Waals surface area contributed by atoms with Gasteiger partial charge in [0.25, 0.3) is 6.01 Å². The van der Waals surface area contributed by atoms with E-state index in [9.17, 15) is 0 Å². The van der Waals surface area contributed by atoms with Crippen LogP contribution >= 0.6 is 0 Å². The minimum Gasteiger partial charge on any atom is -0.424 e. The van der Waals surface area contributed by atoms with Crippen LogP contribution in [0.2, 0.25) is 0 Å². The number of aromatic nitrogens is 3. The Bertz CT molecular complexity index is 763. The van der Waals surface area contributed by atoms with Crippen LogP contribution in [0.25, 0.3) is 22.2 Å². The van der Waals surface area contributed by atoms with E-state index in [1.807, 2.05) is 18.2 Å². The minimum atomic E-state index is 0.490. The highest BCUT2D eigenvalue weighted by Gasteiger charge is 2.16. The zero-order valence-corrected chi connectivity index (χ0v) is 12.3. The molecular formula is C17H18N4O. The molecule has 1 saturated carbocycles. The predicted molar refractivity (Wildman–Crippen MR) is 85.5 cm³/mol. The van der Waals surface area contributed by atoms with Gasteiger partial charge >= 0.3 is 0 Å². The Morgan fingerprint density at radius 2 is 1.82 bits per heavy atom. The van der Waals surface area contributed by atoms with Crippen molar-refractivity contribution < 1.29 is 4.42 Å². The van der Waals surface area contributed by atoms with E-state index in [4.69, 9.17) is 4.42 Å². The summed E-state index contributed by atoms with van der Waals surface area (Å²) in [4.78, 5) is 12.7. The van der Waals surface area contributed by atoms with E-state index in [-0.39, 0.29) is 0 Å². The van der Waals surface area contributed by atoms with Gasteiger partial charge in [-0.15, -0.1) is 0 Å². The van der Waals surface area contributed by atoms with Gasteiger partial charge in [-0.2, -0.15) is 4.98 Å². The summed E-state index contributed by atoms with van der Waals surface area (Å²) in [6, 6.07) is 7.10. The molecule has 0 amide bonds. The SMILES string of the molecule is c1ncc(-c2ccc3oc(NC4CCCCC4)nc3c2)cn1. The maximum absolute atomic E-state index is 5.81. The summed E-state index contributed by atoms with van der Waals surface area (Å²) in [7, 11) is 0. The molecule has 1 aliphatic rings. The van der Waals surface area contributed by atoms with Crippen LogP contribution in [0.3, 0.4) is 0 Å². The zero-order chi connectivity index (χ0) is 14.8. The fourth-order valence-electron chi connectivity index (χ4n) is 3.04. The van der Waals surface area contributed by atoms with Gasteiger partial charge in [0.15, 0.2) is 5.58 Å². The Balaban J connectivity index is 1.60. The van der Waals surface area contributed by atoms with E-state index in [0.29, 0.717) is 12.1 Å². The number of fused-ring (bicyclic) bond motifs is 1. The van der Waals surface area contributed by atoms with Gasteiger partial charge in [-0.1, -0.05) is 25.3 Å². The zero-order valence-electron chi connectivity index (χ0n) is 12.3. The van der Waals surface area contributed by atoms with Gasteiger partial charge in [0.05, 0.1) is 0 Å². The quantitative estimate of drug-likeness (QED) is 0.790. The number of nitrogens with one attached hydrogen (secondary N) is 1. The van der Waals surface area contributed by atoms with Crippen molar-refractivity contribution in [1.82, 2.24) is 15.0 Å². The van der Waals surface area contributed by atoms with Crippen LogP contribution < -0.4 is 5.32 Å². The van der Waals surface area contributed by atoms with E-state index in [2.05, 4.69) is 20.3 Å². The lowest BCUT2D eigenvalue weighted by atomic mass is 9.96. The number of hydrogen-bond donors (Lipinski definition) is 1. The second-order valence-corrected chi connectivity index (χ2v) is 5.81. The van der Waals surface area contributed by atoms with Crippen LogP contribution in [-0.4, -0.2) is 21.0 Å². The molecule has 2 aromatic heterocycles. The molecule has 2 heterocycles. The number of hydrogen-bond acceptors (Lipinski definition) is 5. The normalized spacial score (nSPS) is 16.0. The maximum Gasteiger partial charge on any atom is 0.295 e. The molecule has 5 nitrogen and oxygen atoms in total. The topological polar surface area (TPSA) is 63.8 Å². The van der Waals surface area contributed by atoms with Gasteiger partial charge in [0.2, 0.25) is 0 Å². The van der Waals surface area contributed by atoms with Gasteiger partial charge in [0, 0.05) is 24.0 Å². The molecule has 1 aromatic carbocycles. The summed E-state index contributed by atoms with van der Waals surface area (Å²) in [6.45, 7) is 0. The van der Waals surface area contributed by atoms with Crippen molar-refractivity contribution >= 4 is 17.1 Å². The summed E-state index contributed by atoms with van der Waals surface area (Å²) in [5, 5.41) is 3.43. The molecule has 0 unspecified atom stereocenters. The summed E-state index contributed by atoms with van der Waals surface area (Å²) in [5.41, 5.74) is 3.69. The van der Waals surface area contributed by atoms with E-state index >= 15 is 0 Å². The summed E-state index contributed by atoms with van der Waals surface area (Å²) in [6.07, 6.45) is 11.5. The third kappa shape index (κ3) is 2.66. The number of rotatable bonds is 3. The molecule has 112 valence electrons. The molecule has 0 bridgehead atoms. The van der Waals surface area contributed by atoms with Crippen molar-refractivity contribution in [3.8, 4) is 11.1 Å². The van der Waals surface area contributed by atoms with Gasteiger partial charge in [-0.3, -0.25) is 0 Å². The van der Waals surface area contributed by atoms with Crippen LogP contribution in [0.15, 0.2) is 41.3 Å². The number of nitrogens with zero attached hydrogens (tertiary/aromatic N) is 3. The number of oxazole rings is 1. The highest BCUT2D eigenvalue weighted by Crippen LogP contribution is 2.27. The van der Waals surface area contributed by atoms with Crippen molar-refractivity contribution in [3.05, 3.63) is 36.9 Å². The number of anilines is 1. The number of benzene rings is 1. The van der Waals surface area contributed by atoms with E-state index in [0.717, 1.165) is 22.2 Å². The van der Waals surface area contributed by atoms with Crippen LogP contribution in [0, 0.1) is 0 Å². The average molecular weight is 294 g/mol. The highest BCUT2D eigenvalue weighted by molar-refractivity contribution is 5.81. The van der Waals surface area contributed by atoms with Crippen LogP contribution in [0.1, 0.15) is 32.1 Å². The summed E-state index contributed by atoms with van der Waals surface area (Å²) >= 11 is 0. The second-order valence-electron chi connectivity index (χ2n) is 5.81. The molecule has 1 aliphatic carbocycles. The molecule has 0 atom stereocenters. The maximum atomic E-state index is 5.81. The van der Waals surface area contributed by atoms with Crippen molar-refractivity contribution in [3.63, 3.8) is 0 Å². The molecule has 1 fully saturated rings. The first kappa shape index (κ1) is 13.2. The highest BCUT2D eigenvalue weighted by atomic mass is 16.4. The summed E-state index contributed by atoms with van der Waals surface area (Å²) < 4.78 is 5.81. The molecule has 1 N–H and O–H groups in total. The van der Waals surface area contributed by atoms with Crippen molar-refractivity contribution in [2.45, 2.75) is 38.1 Å². The average Bonchev–Trinajstić information content (AvgIpc) is 2.98. The first-order valence-corrected chi connectivity index (χ1v) is 7.81. The Morgan fingerprint density at radius 1 is 1.00 bits per heavy atom. The van der Waals surface area contributed by atoms with E-state index < -0.39 is 0 Å². The Labute approximate surface area is 128 Å². The van der Waals surface area contributed by atoms with E-state index in [1.54, 1.807) is 12.4 Å². The smallest absolute Gasteiger partial charge is 0.295 e. The molecule has 22 heavy (non-hydrogen) atoms. The third-order valence-corrected chi connectivity index (χ3v) is 4.21. The van der Waals surface area contributed by atoms with Gasteiger partial charge in [-0.25, -0.2) is 9.97 Å². The minimum absolute atomic E-state index is 0.490. The van der Waals surface area contributed by atoms with Gasteiger partial charge < -0.3 is 9.73 Å². The lowest BCUT2D eigenvalue weighted by molar-refractivity contribution is 0.451. The third-order valence-electron chi connectivity index (χ3n) is 4.21. The lowest BCUT2D eigenvalue weighted by Crippen LogP contribution is -2.22. The van der Waals surface area contributed by atoms with Crippen molar-refractivity contribution in [2.24, 2.45) is 0 Å². The van der Waals surface area contributed by atoms with Crippen molar-refractivity contribution in [1.29, 1.82) is 0 Å². The molecular weight excluding hydrogens is 276 g/mol. The molecule has 0 saturated heterocycles. The Kier molecular flexibility index (Phi) is 3.46. The molecule has 3 aromatic rings. The van der Waals surface area contributed by atoms with E-state index in [1.165, 1.54) is 38.4 Å². The first-order chi connectivity index (χ1) is 10.9. The van der Waals surface area contributed by atoms with Crippen molar-refractivity contribution in [2.75, 3.05) is 5.32 Å². The first-order valence-electron chi connectivity index (χ1n) is 7.81.